The Bertz CT molecular complexity index is 1520. The molecule has 186 valence electrons. The van der Waals surface area contributed by atoms with Gasteiger partial charge in [-0.15, -0.1) is 10.2 Å². The fraction of sp³-hybridized carbons (Fsp3) is 0.214. The predicted molar refractivity (Wildman–Crippen MR) is 144 cm³/mol. The molecule has 2 heterocycles. The molecule has 0 saturated heterocycles. The van der Waals surface area contributed by atoms with E-state index in [-0.39, 0.29) is 17.9 Å². The standard InChI is InChI=1S/C28H27N7O2/c1-17-14-26(30-23-11-8-20(9-12-23)28-31-33-34(4)32-28)25-16-22(10-13-27(25)35(17)19(3)37)21-6-5-7-24(15-21)29-18(2)36/h5-13,15-17H,14H2,1-4H3,(H,29,36)/t17-/m0/s1. The van der Waals surface area contributed by atoms with E-state index in [0.29, 0.717) is 12.2 Å². The van der Waals surface area contributed by atoms with Gasteiger partial charge in [0.1, 0.15) is 0 Å². The van der Waals surface area contributed by atoms with Crippen molar-refractivity contribution in [2.24, 2.45) is 12.0 Å². The smallest absolute Gasteiger partial charge is 0.224 e. The van der Waals surface area contributed by atoms with Gasteiger partial charge in [-0.3, -0.25) is 14.6 Å². The van der Waals surface area contributed by atoms with Crippen molar-refractivity contribution in [2.75, 3.05) is 10.2 Å². The lowest BCUT2D eigenvalue weighted by atomic mass is 9.91. The maximum atomic E-state index is 12.5. The summed E-state index contributed by atoms with van der Waals surface area (Å²) in [7, 11) is 1.73. The Morgan fingerprint density at radius 1 is 0.973 bits per heavy atom. The van der Waals surface area contributed by atoms with Crippen molar-refractivity contribution < 1.29 is 9.59 Å². The van der Waals surface area contributed by atoms with Gasteiger partial charge >= 0.3 is 0 Å². The first-order chi connectivity index (χ1) is 17.8. The number of benzene rings is 3. The lowest BCUT2D eigenvalue weighted by molar-refractivity contribution is -0.117. The topological polar surface area (TPSA) is 105 Å². The number of anilines is 2. The molecule has 4 aromatic rings. The van der Waals surface area contributed by atoms with Crippen molar-refractivity contribution in [2.45, 2.75) is 33.2 Å². The van der Waals surface area contributed by atoms with Crippen molar-refractivity contribution in [1.82, 2.24) is 20.2 Å². The Kier molecular flexibility index (Phi) is 6.35. The highest BCUT2D eigenvalue weighted by atomic mass is 16.2. The highest BCUT2D eigenvalue weighted by molar-refractivity contribution is 6.13. The van der Waals surface area contributed by atoms with E-state index in [1.54, 1.807) is 14.0 Å². The molecule has 1 N–H and O–H groups in total. The molecular formula is C28H27N7O2. The number of fused-ring (bicyclic) bond motifs is 1. The van der Waals surface area contributed by atoms with Crippen molar-refractivity contribution in [3.8, 4) is 22.5 Å². The number of aromatic nitrogens is 4. The second-order valence-electron chi connectivity index (χ2n) is 9.14. The fourth-order valence-electron chi connectivity index (χ4n) is 4.68. The Balaban J connectivity index is 1.55. The van der Waals surface area contributed by atoms with Crippen LogP contribution in [0.2, 0.25) is 0 Å². The molecule has 3 aromatic carbocycles. The number of tetrazole rings is 1. The fourth-order valence-corrected chi connectivity index (χ4v) is 4.68. The number of amides is 2. The van der Waals surface area contributed by atoms with Crippen LogP contribution >= 0.6 is 0 Å². The molecule has 2 amide bonds. The van der Waals surface area contributed by atoms with E-state index in [9.17, 15) is 9.59 Å². The van der Waals surface area contributed by atoms with Gasteiger partial charge in [0, 0.05) is 43.1 Å². The molecule has 1 aliphatic rings. The van der Waals surface area contributed by atoms with E-state index in [2.05, 4.69) is 26.8 Å². The summed E-state index contributed by atoms with van der Waals surface area (Å²) in [5.41, 5.74) is 6.98. The molecule has 37 heavy (non-hydrogen) atoms. The Morgan fingerprint density at radius 2 is 1.70 bits per heavy atom. The van der Waals surface area contributed by atoms with Crippen molar-refractivity contribution in [3.05, 3.63) is 72.3 Å². The molecule has 1 aliphatic heterocycles. The van der Waals surface area contributed by atoms with Gasteiger partial charge in [-0.25, -0.2) is 0 Å². The minimum Gasteiger partial charge on any atom is -0.326 e. The third-order valence-electron chi connectivity index (χ3n) is 6.25. The van der Waals surface area contributed by atoms with Gasteiger partial charge < -0.3 is 10.2 Å². The average Bonchev–Trinajstić information content (AvgIpc) is 3.30. The Hall–Kier alpha value is -4.66. The lowest BCUT2D eigenvalue weighted by Crippen LogP contribution is -2.42. The molecule has 0 radical (unpaired) electrons. The second-order valence-corrected chi connectivity index (χ2v) is 9.14. The minimum atomic E-state index is -0.121. The Morgan fingerprint density at radius 3 is 2.38 bits per heavy atom. The van der Waals surface area contributed by atoms with Crippen LogP contribution in [-0.4, -0.2) is 43.8 Å². The molecular weight excluding hydrogens is 466 g/mol. The number of carbonyl (C=O) groups excluding carboxylic acids is 2. The van der Waals surface area contributed by atoms with E-state index < -0.39 is 0 Å². The third-order valence-corrected chi connectivity index (χ3v) is 6.25. The predicted octanol–water partition coefficient (Wildman–Crippen LogP) is 4.77. The summed E-state index contributed by atoms with van der Waals surface area (Å²) in [6.07, 6.45) is 0.620. The molecule has 0 unspecified atom stereocenters. The summed E-state index contributed by atoms with van der Waals surface area (Å²) in [5, 5.41) is 15.0. The molecule has 9 nitrogen and oxygen atoms in total. The monoisotopic (exact) mass is 493 g/mol. The summed E-state index contributed by atoms with van der Waals surface area (Å²) >= 11 is 0. The van der Waals surface area contributed by atoms with Crippen molar-refractivity contribution in [1.29, 1.82) is 0 Å². The molecule has 0 spiro atoms. The normalized spacial score (nSPS) is 15.9. The van der Waals surface area contributed by atoms with Gasteiger partial charge in [0.05, 0.1) is 24.1 Å². The summed E-state index contributed by atoms with van der Waals surface area (Å²) in [5.74, 6) is 0.430. The van der Waals surface area contributed by atoms with Gasteiger partial charge in [0.2, 0.25) is 17.6 Å². The molecule has 1 atom stereocenters. The SMILES string of the molecule is CC(=O)Nc1cccc(-c2ccc3c(c2)C(=Nc2ccc(-c4nnn(C)n4)cc2)C[C@H](C)N3C(C)=O)c1. The molecule has 9 heteroatoms. The van der Waals surface area contributed by atoms with Crippen molar-refractivity contribution in [3.63, 3.8) is 0 Å². The zero-order valence-electron chi connectivity index (χ0n) is 21.1. The van der Waals surface area contributed by atoms with Gasteiger partial charge in [-0.05, 0) is 71.8 Å². The number of aliphatic imine (C=N–C) groups is 1. The summed E-state index contributed by atoms with van der Waals surface area (Å²) < 4.78 is 0. The van der Waals surface area contributed by atoms with E-state index in [0.717, 1.165) is 45.0 Å². The minimum absolute atomic E-state index is 0.00553. The number of nitrogens with zero attached hydrogens (tertiary/aromatic N) is 6. The Labute approximate surface area is 214 Å². The van der Waals surface area contributed by atoms with Crippen molar-refractivity contribution >= 4 is 34.6 Å². The lowest BCUT2D eigenvalue weighted by Gasteiger charge is -2.35. The maximum absolute atomic E-state index is 12.5. The highest BCUT2D eigenvalue weighted by Gasteiger charge is 2.30. The van der Waals surface area contributed by atoms with E-state index in [1.807, 2.05) is 72.5 Å². The van der Waals surface area contributed by atoms with Crippen LogP contribution in [0.3, 0.4) is 0 Å². The molecule has 0 bridgehead atoms. The zero-order chi connectivity index (χ0) is 26.1. The maximum Gasteiger partial charge on any atom is 0.224 e. The third kappa shape index (κ3) is 5.02. The van der Waals surface area contributed by atoms with E-state index in [4.69, 9.17) is 4.99 Å². The first-order valence-electron chi connectivity index (χ1n) is 12.0. The molecule has 0 aliphatic carbocycles. The van der Waals surface area contributed by atoms with Gasteiger partial charge in [-0.2, -0.15) is 4.80 Å². The summed E-state index contributed by atoms with van der Waals surface area (Å²) in [6.45, 7) is 5.11. The number of hydrogen-bond donors (Lipinski definition) is 1. The largest absolute Gasteiger partial charge is 0.326 e. The van der Waals surface area contributed by atoms with Crippen LogP contribution < -0.4 is 10.2 Å². The van der Waals surface area contributed by atoms with Crippen LogP contribution in [-0.2, 0) is 16.6 Å². The molecule has 1 aromatic heterocycles. The highest BCUT2D eigenvalue weighted by Crippen LogP contribution is 2.36. The van der Waals surface area contributed by atoms with Crippen LogP contribution in [0.4, 0.5) is 17.1 Å². The quantitative estimate of drug-likeness (QED) is 0.441. The summed E-state index contributed by atoms with van der Waals surface area (Å²) in [4.78, 5) is 32.3. The zero-order valence-corrected chi connectivity index (χ0v) is 21.1. The van der Waals surface area contributed by atoms with Crippen LogP contribution in [0.15, 0.2) is 71.7 Å². The molecule has 0 saturated carbocycles. The molecule has 5 rings (SSSR count). The van der Waals surface area contributed by atoms with Gasteiger partial charge in [0.25, 0.3) is 0 Å². The second kappa shape index (κ2) is 9.77. The number of nitrogens with one attached hydrogen (secondary N) is 1. The van der Waals surface area contributed by atoms with Crippen LogP contribution in [0.5, 0.6) is 0 Å². The van der Waals surface area contributed by atoms with E-state index in [1.165, 1.54) is 11.7 Å². The average molecular weight is 494 g/mol. The first kappa shape index (κ1) is 24.1. The van der Waals surface area contributed by atoms with Gasteiger partial charge in [0.15, 0.2) is 0 Å². The number of carbonyl (C=O) groups is 2. The first-order valence-corrected chi connectivity index (χ1v) is 12.0. The van der Waals surface area contributed by atoms with Crippen LogP contribution in [0, 0.1) is 0 Å². The number of aryl methyl sites for hydroxylation is 1. The van der Waals surface area contributed by atoms with Crippen LogP contribution in [0.25, 0.3) is 22.5 Å². The molecule has 0 fully saturated rings. The summed E-state index contributed by atoms with van der Waals surface area (Å²) in [6, 6.07) is 21.4. The van der Waals surface area contributed by atoms with Crippen LogP contribution in [0.1, 0.15) is 32.8 Å². The van der Waals surface area contributed by atoms with Gasteiger partial charge in [-0.1, -0.05) is 18.2 Å². The number of hydrogen-bond acceptors (Lipinski definition) is 6. The number of rotatable bonds is 4. The van der Waals surface area contributed by atoms with E-state index >= 15 is 0 Å².